The van der Waals surface area contributed by atoms with Crippen molar-refractivity contribution in [3.8, 4) is 0 Å². The summed E-state index contributed by atoms with van der Waals surface area (Å²) in [5, 5.41) is 0. The summed E-state index contributed by atoms with van der Waals surface area (Å²) in [6, 6.07) is 13.1. The first-order valence-electron chi connectivity index (χ1n) is 5.54. The molecule has 4 heteroatoms. The third-order valence-electron chi connectivity index (χ3n) is 2.21. The lowest BCUT2D eigenvalue weighted by Gasteiger charge is -2.00. The van der Waals surface area contributed by atoms with Crippen molar-refractivity contribution in [1.29, 1.82) is 0 Å². The molecule has 0 saturated carbocycles. The molecule has 0 bridgehead atoms. The lowest BCUT2D eigenvalue weighted by Crippen LogP contribution is -2.17. The van der Waals surface area contributed by atoms with Crippen LogP contribution in [-0.4, -0.2) is 5.97 Å². The highest BCUT2D eigenvalue weighted by molar-refractivity contribution is 5.86. The Morgan fingerprint density at radius 1 is 1.22 bits per heavy atom. The second kappa shape index (κ2) is 6.42. The van der Waals surface area contributed by atoms with Gasteiger partial charge < -0.3 is 9.25 Å². The summed E-state index contributed by atoms with van der Waals surface area (Å²) < 4.78 is 5.07. The van der Waals surface area contributed by atoms with Gasteiger partial charge in [-0.2, -0.15) is 0 Å². The van der Waals surface area contributed by atoms with Gasteiger partial charge in [-0.3, -0.25) is 0 Å². The summed E-state index contributed by atoms with van der Waals surface area (Å²) in [4.78, 5) is 16.1. The fraction of sp³-hybridized carbons (Fsp3) is 0.0714. The molecule has 2 rings (SSSR count). The van der Waals surface area contributed by atoms with Crippen molar-refractivity contribution in [3.63, 3.8) is 0 Å². The fourth-order valence-electron chi connectivity index (χ4n) is 1.35. The summed E-state index contributed by atoms with van der Waals surface area (Å²) in [6.07, 6.45) is 4.62. The van der Waals surface area contributed by atoms with Crippen LogP contribution in [-0.2, 0) is 16.2 Å². The van der Waals surface area contributed by atoms with Crippen molar-refractivity contribution >= 4 is 12.0 Å². The summed E-state index contributed by atoms with van der Waals surface area (Å²) in [7, 11) is 0. The highest BCUT2D eigenvalue weighted by atomic mass is 16.7. The zero-order chi connectivity index (χ0) is 12.6. The van der Waals surface area contributed by atoms with Gasteiger partial charge in [0.15, 0.2) is 0 Å². The van der Waals surface area contributed by atoms with E-state index in [9.17, 15) is 4.79 Å². The van der Waals surface area contributed by atoms with Crippen LogP contribution in [0.25, 0.3) is 6.08 Å². The van der Waals surface area contributed by atoms with Gasteiger partial charge >= 0.3 is 5.97 Å². The largest absolute Gasteiger partial charge is 0.468 e. The maximum atomic E-state index is 11.3. The van der Waals surface area contributed by atoms with Crippen LogP contribution >= 0.6 is 0 Å². The number of hydrogen-bond acceptors (Lipinski definition) is 4. The number of furan rings is 1. The zero-order valence-corrected chi connectivity index (χ0v) is 9.71. The monoisotopic (exact) mass is 243 g/mol. The van der Waals surface area contributed by atoms with Crippen LogP contribution < -0.4 is 5.48 Å². The van der Waals surface area contributed by atoms with Crippen molar-refractivity contribution < 1.29 is 14.0 Å². The zero-order valence-electron chi connectivity index (χ0n) is 9.71. The molecule has 1 heterocycles. The van der Waals surface area contributed by atoms with E-state index >= 15 is 0 Å². The molecule has 0 aliphatic rings. The Morgan fingerprint density at radius 2 is 2.06 bits per heavy atom. The predicted octanol–water partition coefficient (Wildman–Crippen LogP) is 2.54. The molecule has 0 saturated heterocycles. The van der Waals surface area contributed by atoms with Crippen molar-refractivity contribution in [2.24, 2.45) is 0 Å². The molecule has 0 fully saturated rings. The number of carbonyl (C=O) groups excluding carboxylic acids is 1. The smallest absolute Gasteiger partial charge is 0.349 e. The van der Waals surface area contributed by atoms with Crippen LogP contribution in [0, 0.1) is 0 Å². The summed E-state index contributed by atoms with van der Waals surface area (Å²) in [5.41, 5.74) is 3.47. The molecule has 4 nitrogen and oxygen atoms in total. The van der Waals surface area contributed by atoms with Crippen LogP contribution in [0.3, 0.4) is 0 Å². The third-order valence-corrected chi connectivity index (χ3v) is 2.21. The van der Waals surface area contributed by atoms with E-state index in [2.05, 4.69) is 5.48 Å². The van der Waals surface area contributed by atoms with Crippen LogP contribution in [0.15, 0.2) is 59.2 Å². The third kappa shape index (κ3) is 3.92. The number of rotatable bonds is 5. The van der Waals surface area contributed by atoms with Crippen LogP contribution in [0.2, 0.25) is 0 Å². The Bertz CT molecular complexity index is 503. The molecule has 0 amide bonds. The minimum absolute atomic E-state index is 0.345. The second-order valence-corrected chi connectivity index (χ2v) is 3.57. The van der Waals surface area contributed by atoms with E-state index in [0.717, 1.165) is 5.56 Å². The van der Waals surface area contributed by atoms with Crippen LogP contribution in [0.4, 0.5) is 0 Å². The molecule has 1 N–H and O–H groups in total. The van der Waals surface area contributed by atoms with Gasteiger partial charge in [-0.15, -0.1) is 5.48 Å². The molecular formula is C14H13NO3. The molecule has 0 radical (unpaired) electrons. The van der Waals surface area contributed by atoms with E-state index in [-0.39, 0.29) is 0 Å². The molecule has 92 valence electrons. The lowest BCUT2D eigenvalue weighted by molar-refractivity contribution is -0.145. The second-order valence-electron chi connectivity index (χ2n) is 3.57. The number of nitrogens with one attached hydrogen (secondary N) is 1. The van der Waals surface area contributed by atoms with Crippen molar-refractivity contribution in [2.45, 2.75) is 6.54 Å². The number of benzene rings is 1. The van der Waals surface area contributed by atoms with Gasteiger partial charge in [-0.1, -0.05) is 30.3 Å². The number of hydrogen-bond donors (Lipinski definition) is 1. The Morgan fingerprint density at radius 3 is 2.78 bits per heavy atom. The first-order valence-corrected chi connectivity index (χ1v) is 5.54. The van der Waals surface area contributed by atoms with E-state index in [1.165, 1.54) is 6.08 Å². The molecule has 0 unspecified atom stereocenters. The van der Waals surface area contributed by atoms with Gasteiger partial charge in [0, 0.05) is 6.08 Å². The maximum Gasteiger partial charge on any atom is 0.349 e. The average molecular weight is 243 g/mol. The number of hydroxylamine groups is 1. The highest BCUT2D eigenvalue weighted by Gasteiger charge is 1.98. The summed E-state index contributed by atoms with van der Waals surface area (Å²) in [5.74, 6) is 0.250. The Balaban J connectivity index is 1.74. The minimum Gasteiger partial charge on any atom is -0.468 e. The van der Waals surface area contributed by atoms with E-state index in [4.69, 9.17) is 9.25 Å². The molecule has 0 atom stereocenters. The minimum atomic E-state index is -0.453. The number of carbonyl (C=O) groups is 1. The molecule has 1 aromatic heterocycles. The summed E-state index contributed by atoms with van der Waals surface area (Å²) in [6.45, 7) is 0.345. The summed E-state index contributed by atoms with van der Waals surface area (Å²) >= 11 is 0. The van der Waals surface area contributed by atoms with E-state index in [1.807, 2.05) is 30.3 Å². The fourth-order valence-corrected chi connectivity index (χ4v) is 1.35. The maximum absolute atomic E-state index is 11.3. The molecule has 0 spiro atoms. The Kier molecular flexibility index (Phi) is 4.33. The van der Waals surface area contributed by atoms with E-state index in [1.54, 1.807) is 24.5 Å². The first kappa shape index (κ1) is 12.1. The quantitative estimate of drug-likeness (QED) is 0.647. The van der Waals surface area contributed by atoms with E-state index < -0.39 is 5.97 Å². The molecule has 1 aromatic carbocycles. The molecule has 0 aliphatic heterocycles. The van der Waals surface area contributed by atoms with Crippen molar-refractivity contribution in [2.75, 3.05) is 0 Å². The normalized spacial score (nSPS) is 10.7. The molecule has 0 aliphatic carbocycles. The highest BCUT2D eigenvalue weighted by Crippen LogP contribution is 2.01. The van der Waals surface area contributed by atoms with Crippen molar-refractivity contribution in [3.05, 3.63) is 66.1 Å². The van der Waals surface area contributed by atoms with Gasteiger partial charge in [-0.05, 0) is 23.8 Å². The molecule has 2 aromatic rings. The standard InChI is InChI=1S/C14H13NO3/c16-14(9-8-12-5-2-1-3-6-12)18-15-11-13-7-4-10-17-13/h1-10,15H,11H2. The average Bonchev–Trinajstić information content (AvgIpc) is 2.91. The van der Waals surface area contributed by atoms with Crippen LogP contribution in [0.1, 0.15) is 11.3 Å². The predicted molar refractivity (Wildman–Crippen MR) is 67.1 cm³/mol. The Labute approximate surface area is 105 Å². The van der Waals surface area contributed by atoms with Gasteiger partial charge in [0.25, 0.3) is 0 Å². The lowest BCUT2D eigenvalue weighted by atomic mass is 10.2. The van der Waals surface area contributed by atoms with Crippen LogP contribution in [0.5, 0.6) is 0 Å². The molecule has 18 heavy (non-hydrogen) atoms. The van der Waals surface area contributed by atoms with Gasteiger partial charge in [0.2, 0.25) is 0 Å². The SMILES string of the molecule is O=C(C=Cc1ccccc1)ONCc1ccco1. The van der Waals surface area contributed by atoms with Gasteiger partial charge in [0.05, 0.1) is 12.8 Å². The Hall–Kier alpha value is -2.33. The van der Waals surface area contributed by atoms with Gasteiger partial charge in [0.1, 0.15) is 5.76 Å². The molecular weight excluding hydrogens is 230 g/mol. The van der Waals surface area contributed by atoms with E-state index in [0.29, 0.717) is 12.3 Å². The van der Waals surface area contributed by atoms with Gasteiger partial charge in [-0.25, -0.2) is 4.79 Å². The van der Waals surface area contributed by atoms with Crippen molar-refractivity contribution in [1.82, 2.24) is 5.48 Å². The topological polar surface area (TPSA) is 51.5 Å². The first-order chi connectivity index (χ1) is 8.84.